The Morgan fingerprint density at radius 1 is 1.50 bits per heavy atom. The minimum Gasteiger partial charge on any atom is -0.386 e. The van der Waals surface area contributed by atoms with Gasteiger partial charge in [0.1, 0.15) is 23.3 Å². The second kappa shape index (κ2) is 4.88. The number of aliphatic hydroxyl groups excluding tert-OH is 1. The molecule has 2 heterocycles. The van der Waals surface area contributed by atoms with Crippen molar-refractivity contribution in [1.29, 1.82) is 0 Å². The number of anilines is 1. The summed E-state index contributed by atoms with van der Waals surface area (Å²) >= 11 is 6.01. The number of aromatic nitrogens is 4. The Balaban J connectivity index is 2.21. The van der Waals surface area contributed by atoms with Crippen LogP contribution in [0.2, 0.25) is 5.15 Å². The average Bonchev–Trinajstić information content (AvgIpc) is 2.88. The molecular weight excluding hydrogens is 310 g/mol. The second-order valence-corrected chi connectivity index (χ2v) is 5.86. The third kappa shape index (κ3) is 1.92. The number of nitrogen functional groups attached to an aromatic ring is 1. The summed E-state index contributed by atoms with van der Waals surface area (Å²) in [6.07, 6.45) is -0.381. The van der Waals surface area contributed by atoms with Crippen molar-refractivity contribution in [1.82, 2.24) is 19.5 Å². The van der Waals surface area contributed by atoms with E-state index in [4.69, 9.17) is 22.1 Å². The Morgan fingerprint density at radius 2 is 2.18 bits per heavy atom. The quantitative estimate of drug-likeness (QED) is 0.536. The lowest BCUT2D eigenvalue weighted by atomic mass is 9.97. The normalized spacial score (nSPS) is 32.0. The van der Waals surface area contributed by atoms with Crippen LogP contribution in [0.3, 0.4) is 0 Å². The second-order valence-electron chi connectivity index (χ2n) is 5.50. The summed E-state index contributed by atoms with van der Waals surface area (Å²) in [5.74, 6) is -0.00802. The van der Waals surface area contributed by atoms with Crippen LogP contribution in [0.1, 0.15) is 13.0 Å². The molecule has 3 rings (SSSR count). The number of fused-ring (bicyclic) bond motifs is 1. The molecule has 0 spiro atoms. The highest BCUT2D eigenvalue weighted by Gasteiger charge is 2.55. The number of rotatable bonds is 2. The molecule has 1 aliphatic carbocycles. The Hall–Kier alpha value is -1.74. The predicted molar refractivity (Wildman–Crippen MR) is 80.4 cm³/mol. The number of nitrogens with zero attached hydrogens (tertiary/aromatic N) is 4. The Labute approximate surface area is 131 Å². The fourth-order valence-electron chi connectivity index (χ4n) is 3.12. The maximum absolute atomic E-state index is 10.8. The first-order valence-corrected chi connectivity index (χ1v) is 6.94. The summed E-state index contributed by atoms with van der Waals surface area (Å²) in [7, 11) is 1.42. The third-order valence-corrected chi connectivity index (χ3v) is 4.34. The van der Waals surface area contributed by atoms with Crippen LogP contribution >= 0.6 is 11.6 Å². The van der Waals surface area contributed by atoms with Gasteiger partial charge in [0.25, 0.3) is 0 Å². The molecule has 0 bridgehead atoms. The predicted octanol–water partition coefficient (Wildman–Crippen LogP) is 0.300. The number of hydrogen-bond donors (Lipinski definition) is 3. The van der Waals surface area contributed by atoms with E-state index in [-0.39, 0.29) is 11.1 Å². The van der Waals surface area contributed by atoms with Gasteiger partial charge in [-0.3, -0.25) is 0 Å². The standard InChI is InChI=1S/C13H16ClN5O3/c1-5-7(20)9(22-3)13(2,21)8(5)19-4-16-6-10(14)17-12(15)18-11(6)19/h4,7-9,20-21H,1H2,2-3H3,(H2,15,17,18)/t7-,8+,9+,13-/m0/s1. The molecule has 4 N–H and O–H groups in total. The third-order valence-electron chi connectivity index (χ3n) is 4.08. The van der Waals surface area contributed by atoms with Crippen LogP contribution in [0.25, 0.3) is 11.2 Å². The van der Waals surface area contributed by atoms with Crippen LogP contribution in [0.15, 0.2) is 18.5 Å². The number of imidazole rings is 1. The zero-order chi connectivity index (χ0) is 16.2. The molecule has 0 aromatic carbocycles. The molecule has 2 aromatic rings. The van der Waals surface area contributed by atoms with E-state index in [0.29, 0.717) is 16.7 Å². The molecule has 9 heteroatoms. The van der Waals surface area contributed by atoms with Crippen LogP contribution < -0.4 is 5.73 Å². The van der Waals surface area contributed by atoms with Gasteiger partial charge in [-0.15, -0.1) is 0 Å². The molecule has 1 saturated carbocycles. The van der Waals surface area contributed by atoms with E-state index in [1.807, 2.05) is 0 Å². The van der Waals surface area contributed by atoms with Crippen molar-refractivity contribution in [2.45, 2.75) is 30.8 Å². The Bertz CT molecular complexity index is 759. The van der Waals surface area contributed by atoms with Crippen LogP contribution in [-0.4, -0.2) is 54.7 Å². The first-order chi connectivity index (χ1) is 10.3. The van der Waals surface area contributed by atoms with Crippen molar-refractivity contribution in [3.8, 4) is 0 Å². The van der Waals surface area contributed by atoms with Crippen molar-refractivity contribution in [2.75, 3.05) is 12.8 Å². The zero-order valence-corrected chi connectivity index (χ0v) is 12.8. The van der Waals surface area contributed by atoms with Gasteiger partial charge in [0.05, 0.1) is 12.4 Å². The van der Waals surface area contributed by atoms with E-state index in [1.165, 1.54) is 13.4 Å². The lowest BCUT2D eigenvalue weighted by molar-refractivity contribution is -0.107. The van der Waals surface area contributed by atoms with Gasteiger partial charge < -0.3 is 25.3 Å². The fraction of sp³-hybridized carbons (Fsp3) is 0.462. The summed E-state index contributed by atoms with van der Waals surface area (Å²) in [5.41, 5.74) is 5.32. The minimum absolute atomic E-state index is 0.00802. The topological polar surface area (TPSA) is 119 Å². The summed E-state index contributed by atoms with van der Waals surface area (Å²) < 4.78 is 6.79. The molecule has 0 aliphatic heterocycles. The van der Waals surface area contributed by atoms with Crippen molar-refractivity contribution >= 4 is 28.7 Å². The summed E-state index contributed by atoms with van der Waals surface area (Å²) in [6.45, 7) is 5.43. The highest BCUT2D eigenvalue weighted by atomic mass is 35.5. The minimum atomic E-state index is -1.41. The summed E-state index contributed by atoms with van der Waals surface area (Å²) in [6, 6.07) is -0.692. The number of ether oxygens (including phenoxy) is 1. The monoisotopic (exact) mass is 325 g/mol. The molecule has 0 saturated heterocycles. The Kier molecular flexibility index (Phi) is 3.37. The SMILES string of the molecule is C=C1[C@H](O)[C@@H](OC)[C@@](C)(O)[C@@H]1n1cnc2c(Cl)nc(N)nc21. The number of nitrogens with two attached hydrogens (primary N) is 1. The molecule has 0 radical (unpaired) electrons. The average molecular weight is 326 g/mol. The Morgan fingerprint density at radius 3 is 2.77 bits per heavy atom. The van der Waals surface area contributed by atoms with Crippen LogP contribution in [0, 0.1) is 0 Å². The summed E-state index contributed by atoms with van der Waals surface area (Å²) in [4.78, 5) is 12.1. The first kappa shape index (κ1) is 15.2. The molecule has 22 heavy (non-hydrogen) atoms. The maximum Gasteiger partial charge on any atom is 0.223 e. The van der Waals surface area contributed by atoms with E-state index >= 15 is 0 Å². The van der Waals surface area contributed by atoms with Gasteiger partial charge in [0.2, 0.25) is 5.95 Å². The molecular formula is C13H16ClN5O3. The molecule has 8 nitrogen and oxygen atoms in total. The number of hydrogen-bond acceptors (Lipinski definition) is 7. The van der Waals surface area contributed by atoms with E-state index in [0.717, 1.165) is 0 Å². The molecule has 1 fully saturated rings. The highest BCUT2D eigenvalue weighted by Crippen LogP contribution is 2.45. The van der Waals surface area contributed by atoms with E-state index in [9.17, 15) is 10.2 Å². The zero-order valence-electron chi connectivity index (χ0n) is 12.1. The number of methoxy groups -OCH3 is 1. The molecule has 2 aromatic heterocycles. The number of aliphatic hydroxyl groups is 2. The van der Waals surface area contributed by atoms with Gasteiger partial charge in [0.15, 0.2) is 10.8 Å². The smallest absolute Gasteiger partial charge is 0.223 e. The maximum atomic E-state index is 10.8. The number of halogens is 1. The van der Waals surface area contributed by atoms with Crippen molar-refractivity contribution in [3.05, 3.63) is 23.6 Å². The van der Waals surface area contributed by atoms with Crippen molar-refractivity contribution in [3.63, 3.8) is 0 Å². The van der Waals surface area contributed by atoms with E-state index in [2.05, 4.69) is 21.5 Å². The lowest BCUT2D eigenvalue weighted by Crippen LogP contribution is -2.44. The van der Waals surface area contributed by atoms with Gasteiger partial charge in [-0.1, -0.05) is 18.2 Å². The van der Waals surface area contributed by atoms with Crippen LogP contribution in [0.5, 0.6) is 0 Å². The van der Waals surface area contributed by atoms with Crippen molar-refractivity contribution < 1.29 is 14.9 Å². The van der Waals surface area contributed by atoms with Gasteiger partial charge in [-0.25, -0.2) is 4.98 Å². The van der Waals surface area contributed by atoms with Gasteiger partial charge >= 0.3 is 0 Å². The molecule has 0 amide bonds. The van der Waals surface area contributed by atoms with Gasteiger partial charge in [0, 0.05) is 7.11 Å². The summed E-state index contributed by atoms with van der Waals surface area (Å²) in [5, 5.41) is 21.2. The first-order valence-electron chi connectivity index (χ1n) is 6.56. The largest absolute Gasteiger partial charge is 0.386 e. The molecule has 4 atom stereocenters. The molecule has 0 unspecified atom stereocenters. The van der Waals surface area contributed by atoms with Gasteiger partial charge in [-0.05, 0) is 12.5 Å². The lowest BCUT2D eigenvalue weighted by Gasteiger charge is -2.31. The molecule has 1 aliphatic rings. The highest BCUT2D eigenvalue weighted by molar-refractivity contribution is 6.33. The van der Waals surface area contributed by atoms with Crippen LogP contribution in [-0.2, 0) is 4.74 Å². The van der Waals surface area contributed by atoms with E-state index < -0.39 is 23.9 Å². The fourth-order valence-corrected chi connectivity index (χ4v) is 3.34. The van der Waals surface area contributed by atoms with Crippen LogP contribution in [0.4, 0.5) is 5.95 Å². The van der Waals surface area contributed by atoms with Gasteiger partial charge in [-0.2, -0.15) is 9.97 Å². The van der Waals surface area contributed by atoms with E-state index in [1.54, 1.807) is 11.5 Å². The molecule has 118 valence electrons. The van der Waals surface area contributed by atoms with Crippen molar-refractivity contribution in [2.24, 2.45) is 0 Å².